The van der Waals surface area contributed by atoms with Crippen LogP contribution < -0.4 is 15.8 Å². The van der Waals surface area contributed by atoms with Crippen molar-refractivity contribution in [3.05, 3.63) is 74.9 Å². The molecule has 0 saturated heterocycles. The molecule has 1 aliphatic heterocycles. The van der Waals surface area contributed by atoms with Gasteiger partial charge in [-0.05, 0) is 61.2 Å². The largest absolute Gasteiger partial charge is 0.457 e. The number of halogens is 1. The van der Waals surface area contributed by atoms with Gasteiger partial charge < -0.3 is 15.8 Å². The van der Waals surface area contributed by atoms with Crippen molar-refractivity contribution in [2.75, 3.05) is 11.6 Å². The van der Waals surface area contributed by atoms with Crippen molar-refractivity contribution < 1.29 is 4.74 Å². The van der Waals surface area contributed by atoms with Gasteiger partial charge in [0, 0.05) is 20.3 Å². The third-order valence-corrected chi connectivity index (χ3v) is 8.18. The standard InChI is InChI=1S/C21H19ClN4OS3/c1-28-18-10-11-21(30-18,19(23)24)17-12-29-20(26-17)25-14-4-8-16(9-5-14)27-15-6-2-13(22)3-7-15/h2-10,12H,11H2,1H3,(H3,23,24)(H,25,26). The highest BCUT2D eigenvalue weighted by atomic mass is 35.5. The van der Waals surface area contributed by atoms with Crippen molar-refractivity contribution in [3.63, 3.8) is 0 Å². The van der Waals surface area contributed by atoms with E-state index >= 15 is 0 Å². The van der Waals surface area contributed by atoms with Gasteiger partial charge in [-0.1, -0.05) is 29.4 Å². The molecule has 1 aliphatic rings. The van der Waals surface area contributed by atoms with Crippen LogP contribution in [0.1, 0.15) is 12.1 Å². The minimum Gasteiger partial charge on any atom is -0.457 e. The van der Waals surface area contributed by atoms with Gasteiger partial charge in [-0.3, -0.25) is 5.41 Å². The molecule has 3 aromatic rings. The van der Waals surface area contributed by atoms with E-state index in [4.69, 9.17) is 32.5 Å². The van der Waals surface area contributed by atoms with Crippen LogP contribution in [0.25, 0.3) is 0 Å². The Labute approximate surface area is 192 Å². The molecule has 154 valence electrons. The number of aromatic nitrogens is 1. The monoisotopic (exact) mass is 474 g/mol. The van der Waals surface area contributed by atoms with Crippen LogP contribution in [0.2, 0.25) is 5.02 Å². The van der Waals surface area contributed by atoms with Crippen molar-refractivity contribution in [2.45, 2.75) is 11.2 Å². The Bertz CT molecular complexity index is 1080. The lowest BCUT2D eigenvalue weighted by atomic mass is 10.0. The van der Waals surface area contributed by atoms with Gasteiger partial charge in [-0.15, -0.1) is 23.1 Å². The second-order valence-corrected chi connectivity index (χ2v) is 10.3. The molecule has 0 bridgehead atoms. The first kappa shape index (κ1) is 21.1. The average molecular weight is 475 g/mol. The van der Waals surface area contributed by atoms with E-state index < -0.39 is 4.75 Å². The fraction of sp³-hybridized carbons (Fsp3) is 0.143. The van der Waals surface area contributed by atoms with Gasteiger partial charge in [0.1, 0.15) is 22.1 Å². The number of thioether (sulfide) groups is 2. The Morgan fingerprint density at radius 2 is 1.87 bits per heavy atom. The molecular weight excluding hydrogens is 456 g/mol. The number of nitrogens with zero attached hydrogens (tertiary/aromatic N) is 1. The first-order chi connectivity index (χ1) is 14.5. The molecule has 5 nitrogen and oxygen atoms in total. The number of nitrogens with two attached hydrogens (primary N) is 1. The molecule has 1 aromatic heterocycles. The number of allylic oxidation sites excluding steroid dienone is 1. The molecular formula is C21H19ClN4OS3. The zero-order valence-corrected chi connectivity index (χ0v) is 19.2. The number of anilines is 2. The van der Waals surface area contributed by atoms with Crippen LogP contribution in [0.5, 0.6) is 11.5 Å². The number of ether oxygens (including phenoxy) is 1. The fourth-order valence-corrected chi connectivity index (χ4v) is 5.96. The van der Waals surface area contributed by atoms with Crippen molar-refractivity contribution in [2.24, 2.45) is 5.73 Å². The minimum atomic E-state index is -0.606. The van der Waals surface area contributed by atoms with Gasteiger partial charge >= 0.3 is 0 Å². The third kappa shape index (κ3) is 4.46. The number of hydrogen-bond acceptors (Lipinski definition) is 7. The van der Waals surface area contributed by atoms with Crippen LogP contribution in [-0.2, 0) is 4.75 Å². The van der Waals surface area contributed by atoms with Crippen molar-refractivity contribution in [1.82, 2.24) is 4.98 Å². The van der Waals surface area contributed by atoms with E-state index in [9.17, 15) is 0 Å². The molecule has 4 N–H and O–H groups in total. The van der Waals surface area contributed by atoms with Crippen LogP contribution in [0, 0.1) is 5.41 Å². The summed E-state index contributed by atoms with van der Waals surface area (Å²) in [5, 5.41) is 14.9. The molecule has 0 radical (unpaired) electrons. The highest BCUT2D eigenvalue weighted by molar-refractivity contribution is 8.22. The molecule has 1 unspecified atom stereocenters. The summed E-state index contributed by atoms with van der Waals surface area (Å²) in [5.74, 6) is 1.59. The van der Waals surface area contributed by atoms with E-state index in [0.717, 1.165) is 28.0 Å². The molecule has 4 rings (SSSR count). The summed E-state index contributed by atoms with van der Waals surface area (Å²) >= 11 is 10.7. The van der Waals surface area contributed by atoms with Gasteiger partial charge in [-0.2, -0.15) is 0 Å². The van der Waals surface area contributed by atoms with Gasteiger partial charge in [0.2, 0.25) is 0 Å². The fourth-order valence-electron chi connectivity index (χ4n) is 2.95. The van der Waals surface area contributed by atoms with E-state index in [1.165, 1.54) is 15.6 Å². The molecule has 1 atom stereocenters. The number of thiazole rings is 1. The van der Waals surface area contributed by atoms with Crippen molar-refractivity contribution in [1.29, 1.82) is 5.41 Å². The first-order valence-electron chi connectivity index (χ1n) is 9.03. The predicted molar refractivity (Wildman–Crippen MR) is 131 cm³/mol. The molecule has 0 spiro atoms. The maximum Gasteiger partial charge on any atom is 0.187 e. The van der Waals surface area contributed by atoms with Crippen molar-refractivity contribution in [3.8, 4) is 11.5 Å². The first-order valence-corrected chi connectivity index (χ1v) is 12.3. The summed E-state index contributed by atoms with van der Waals surface area (Å²) in [6.07, 6.45) is 4.84. The smallest absolute Gasteiger partial charge is 0.187 e. The molecule has 0 aliphatic carbocycles. The highest BCUT2D eigenvalue weighted by Crippen LogP contribution is 2.52. The maximum absolute atomic E-state index is 8.14. The van der Waals surface area contributed by atoms with Gasteiger partial charge in [0.25, 0.3) is 0 Å². The molecule has 2 aromatic carbocycles. The van der Waals surface area contributed by atoms with Gasteiger partial charge in [0.05, 0.1) is 5.69 Å². The lowest BCUT2D eigenvalue weighted by Crippen LogP contribution is -2.36. The van der Waals surface area contributed by atoms with Crippen LogP contribution in [0.3, 0.4) is 0 Å². The minimum absolute atomic E-state index is 0.133. The topological polar surface area (TPSA) is 84.0 Å². The predicted octanol–water partition coefficient (Wildman–Crippen LogP) is 6.80. The average Bonchev–Trinajstić information content (AvgIpc) is 3.39. The summed E-state index contributed by atoms with van der Waals surface area (Å²) in [7, 11) is 0. The molecule has 0 saturated carbocycles. The van der Waals surface area contributed by atoms with Gasteiger partial charge in [-0.25, -0.2) is 4.98 Å². The van der Waals surface area contributed by atoms with E-state index in [2.05, 4.69) is 11.4 Å². The Morgan fingerprint density at radius 1 is 1.20 bits per heavy atom. The number of amidine groups is 1. The van der Waals surface area contributed by atoms with Crippen LogP contribution in [0.15, 0.2) is 64.2 Å². The lowest BCUT2D eigenvalue weighted by molar-refractivity contribution is 0.483. The Balaban J connectivity index is 1.45. The number of hydrogen-bond donors (Lipinski definition) is 3. The summed E-state index contributed by atoms with van der Waals surface area (Å²) in [5.41, 5.74) is 7.69. The summed E-state index contributed by atoms with van der Waals surface area (Å²) in [4.78, 5) is 4.73. The molecule has 30 heavy (non-hydrogen) atoms. The second kappa shape index (κ2) is 8.93. The zero-order chi connectivity index (χ0) is 21.1. The van der Waals surface area contributed by atoms with E-state index in [-0.39, 0.29) is 5.84 Å². The normalized spacial score (nSPS) is 18.1. The number of benzene rings is 2. The lowest BCUT2D eigenvalue weighted by Gasteiger charge is -2.25. The summed E-state index contributed by atoms with van der Waals surface area (Å²) < 4.78 is 6.39. The Morgan fingerprint density at radius 3 is 2.47 bits per heavy atom. The van der Waals surface area contributed by atoms with Crippen LogP contribution in [-0.4, -0.2) is 17.1 Å². The molecule has 0 amide bonds. The SMILES string of the molecule is CSC1=CCC(C(=N)N)(c2csc(Nc3ccc(Oc4ccc(Cl)cc4)cc3)n2)S1. The zero-order valence-electron chi connectivity index (χ0n) is 16.0. The van der Waals surface area contributed by atoms with E-state index in [0.29, 0.717) is 11.4 Å². The van der Waals surface area contributed by atoms with Crippen molar-refractivity contribution >= 4 is 63.1 Å². The quantitative estimate of drug-likeness (QED) is 0.258. The van der Waals surface area contributed by atoms with Gasteiger partial charge in [0.15, 0.2) is 5.13 Å². The molecule has 0 fully saturated rings. The highest BCUT2D eigenvalue weighted by Gasteiger charge is 2.42. The maximum atomic E-state index is 8.14. The third-order valence-electron chi connectivity index (χ3n) is 4.54. The Hall–Kier alpha value is -2.13. The van der Waals surface area contributed by atoms with Crippen LogP contribution >= 0.6 is 46.5 Å². The number of nitrogens with one attached hydrogen (secondary N) is 2. The molecule has 2 heterocycles. The van der Waals surface area contributed by atoms with E-state index in [1.807, 2.05) is 48.0 Å². The second-order valence-electron chi connectivity index (χ2n) is 6.52. The summed E-state index contributed by atoms with van der Waals surface area (Å²) in [6.45, 7) is 0. The number of rotatable bonds is 7. The van der Waals surface area contributed by atoms with Crippen LogP contribution in [0.4, 0.5) is 10.8 Å². The molecule has 9 heteroatoms. The van der Waals surface area contributed by atoms with E-state index in [1.54, 1.807) is 35.7 Å². The Kier molecular flexibility index (Phi) is 6.29. The summed E-state index contributed by atoms with van der Waals surface area (Å²) in [6, 6.07) is 14.9.